The Bertz CT molecular complexity index is 286. The summed E-state index contributed by atoms with van der Waals surface area (Å²) in [6.07, 6.45) is 4.45. The molecule has 1 rings (SSSR count). The van der Waals surface area contributed by atoms with Crippen LogP contribution in [0.4, 0.5) is 4.79 Å². The summed E-state index contributed by atoms with van der Waals surface area (Å²) in [6.45, 7) is 6.55. The van der Waals surface area contributed by atoms with Gasteiger partial charge >= 0.3 is 6.03 Å². The highest BCUT2D eigenvalue weighted by Crippen LogP contribution is 2.15. The van der Waals surface area contributed by atoms with Gasteiger partial charge in [-0.1, -0.05) is 19.1 Å². The van der Waals surface area contributed by atoms with Crippen LogP contribution in [-0.4, -0.2) is 29.4 Å². The van der Waals surface area contributed by atoms with Crippen molar-refractivity contribution in [3.63, 3.8) is 0 Å². The van der Waals surface area contributed by atoms with Crippen LogP contribution in [0.3, 0.4) is 0 Å². The van der Waals surface area contributed by atoms with Gasteiger partial charge < -0.3 is 4.90 Å². The van der Waals surface area contributed by atoms with Gasteiger partial charge in [0, 0.05) is 19.0 Å². The van der Waals surface area contributed by atoms with Crippen molar-refractivity contribution in [2.45, 2.75) is 33.2 Å². The van der Waals surface area contributed by atoms with Gasteiger partial charge in [-0.05, 0) is 19.8 Å². The summed E-state index contributed by atoms with van der Waals surface area (Å²) in [7, 11) is 0. The molecule has 3 amide bonds. The van der Waals surface area contributed by atoms with Gasteiger partial charge in [-0.2, -0.15) is 0 Å². The van der Waals surface area contributed by atoms with Crippen molar-refractivity contribution >= 4 is 11.9 Å². The predicted molar refractivity (Wildman–Crippen MR) is 58.3 cm³/mol. The van der Waals surface area contributed by atoms with Crippen LogP contribution >= 0.6 is 0 Å². The molecule has 0 radical (unpaired) electrons. The van der Waals surface area contributed by atoms with Gasteiger partial charge in [0.25, 0.3) is 0 Å². The maximum atomic E-state index is 11.5. The van der Waals surface area contributed by atoms with Crippen LogP contribution in [0.15, 0.2) is 12.2 Å². The molecule has 0 aromatic rings. The van der Waals surface area contributed by atoms with Crippen LogP contribution < -0.4 is 5.32 Å². The first-order valence-electron chi connectivity index (χ1n) is 5.29. The Balaban J connectivity index is 2.63. The second kappa shape index (κ2) is 4.96. The minimum absolute atomic E-state index is 0.120. The van der Waals surface area contributed by atoms with E-state index in [0.717, 1.165) is 0 Å². The molecule has 1 aliphatic heterocycles. The number of hydrogen-bond donors (Lipinski definition) is 1. The molecule has 2 atom stereocenters. The third-order valence-electron chi connectivity index (χ3n) is 2.84. The summed E-state index contributed by atoms with van der Waals surface area (Å²) in [4.78, 5) is 24.2. The molecule has 4 nitrogen and oxygen atoms in total. The molecule has 0 bridgehead atoms. The van der Waals surface area contributed by atoms with Gasteiger partial charge in [0.05, 0.1) is 0 Å². The quantitative estimate of drug-likeness (QED) is 0.718. The summed E-state index contributed by atoms with van der Waals surface area (Å²) < 4.78 is 0. The molecular formula is C11H18N2O2. The Kier molecular flexibility index (Phi) is 3.88. The van der Waals surface area contributed by atoms with Crippen molar-refractivity contribution in [1.82, 2.24) is 10.2 Å². The number of allylic oxidation sites excluding steroid dienone is 1. The average molecular weight is 210 g/mol. The lowest BCUT2D eigenvalue weighted by atomic mass is 10.0. The highest BCUT2D eigenvalue weighted by atomic mass is 16.2. The predicted octanol–water partition coefficient (Wildman–Crippen LogP) is 1.53. The molecule has 0 aromatic carbocycles. The molecule has 1 N–H and O–H groups in total. The molecule has 84 valence electrons. The van der Waals surface area contributed by atoms with Crippen molar-refractivity contribution < 1.29 is 9.59 Å². The first-order chi connectivity index (χ1) is 7.06. The third-order valence-corrected chi connectivity index (χ3v) is 2.84. The molecule has 0 aromatic heterocycles. The second-order valence-electron chi connectivity index (χ2n) is 3.92. The molecule has 15 heavy (non-hydrogen) atoms. The lowest BCUT2D eigenvalue weighted by Crippen LogP contribution is -2.54. The van der Waals surface area contributed by atoms with Crippen LogP contribution in [0.1, 0.15) is 27.2 Å². The zero-order valence-corrected chi connectivity index (χ0v) is 9.49. The topological polar surface area (TPSA) is 49.4 Å². The Labute approximate surface area is 90.3 Å². The van der Waals surface area contributed by atoms with Crippen LogP contribution in [-0.2, 0) is 4.79 Å². The molecule has 1 aliphatic rings. The van der Waals surface area contributed by atoms with E-state index in [1.807, 2.05) is 19.9 Å². The van der Waals surface area contributed by atoms with E-state index in [-0.39, 0.29) is 18.0 Å². The number of rotatable bonds is 3. The lowest BCUT2D eigenvalue weighted by Gasteiger charge is -2.34. The first kappa shape index (κ1) is 11.8. The molecule has 0 saturated carbocycles. The Morgan fingerprint density at radius 2 is 2.07 bits per heavy atom. The number of amides is 3. The lowest BCUT2D eigenvalue weighted by molar-refractivity contribution is -0.121. The molecule has 1 fully saturated rings. The number of carbonyl (C=O) groups excluding carboxylic acids is 2. The van der Waals surface area contributed by atoms with Crippen LogP contribution in [0.25, 0.3) is 0 Å². The van der Waals surface area contributed by atoms with E-state index in [2.05, 4.69) is 18.3 Å². The Morgan fingerprint density at radius 1 is 1.40 bits per heavy atom. The van der Waals surface area contributed by atoms with E-state index in [4.69, 9.17) is 0 Å². The van der Waals surface area contributed by atoms with Crippen LogP contribution in [0, 0.1) is 5.92 Å². The normalized spacial score (nSPS) is 21.7. The maximum Gasteiger partial charge on any atom is 0.324 e. The van der Waals surface area contributed by atoms with Crippen molar-refractivity contribution in [2.75, 3.05) is 6.54 Å². The standard InChI is InChI=1S/C11H18N2O2/c1-4-5-8(2)9(3)13-7-6-10(14)12-11(13)15/h4-5,8-9H,6-7H2,1-3H3,(H,12,14,15)/b5-4-/t8?,9-/m1/s1. The molecular weight excluding hydrogens is 192 g/mol. The number of nitrogens with zero attached hydrogens (tertiary/aromatic N) is 1. The monoisotopic (exact) mass is 210 g/mol. The largest absolute Gasteiger partial charge is 0.324 e. The molecule has 4 heteroatoms. The van der Waals surface area contributed by atoms with Gasteiger partial charge in [0.2, 0.25) is 5.91 Å². The first-order valence-corrected chi connectivity index (χ1v) is 5.29. The maximum absolute atomic E-state index is 11.5. The van der Waals surface area contributed by atoms with Crippen molar-refractivity contribution in [3.8, 4) is 0 Å². The summed E-state index contributed by atoms with van der Waals surface area (Å²) in [5.41, 5.74) is 0. The summed E-state index contributed by atoms with van der Waals surface area (Å²) >= 11 is 0. The minimum atomic E-state index is -0.268. The van der Waals surface area contributed by atoms with E-state index in [9.17, 15) is 9.59 Å². The van der Waals surface area contributed by atoms with Gasteiger partial charge in [-0.15, -0.1) is 0 Å². The van der Waals surface area contributed by atoms with Gasteiger partial charge in [-0.3, -0.25) is 10.1 Å². The molecule has 1 heterocycles. The fourth-order valence-corrected chi connectivity index (χ4v) is 1.71. The van der Waals surface area contributed by atoms with E-state index < -0.39 is 0 Å². The molecule has 0 spiro atoms. The van der Waals surface area contributed by atoms with E-state index in [0.29, 0.717) is 18.9 Å². The zero-order valence-electron chi connectivity index (χ0n) is 9.49. The fraction of sp³-hybridized carbons (Fsp3) is 0.636. The molecule has 0 aliphatic carbocycles. The van der Waals surface area contributed by atoms with Crippen LogP contribution in [0.5, 0.6) is 0 Å². The summed E-state index contributed by atoms with van der Waals surface area (Å²) in [5, 5.41) is 2.33. The Morgan fingerprint density at radius 3 is 2.60 bits per heavy atom. The van der Waals surface area contributed by atoms with Crippen molar-refractivity contribution in [2.24, 2.45) is 5.92 Å². The third kappa shape index (κ3) is 2.81. The number of urea groups is 1. The van der Waals surface area contributed by atoms with Crippen molar-refractivity contribution in [3.05, 3.63) is 12.2 Å². The molecule has 1 saturated heterocycles. The number of nitrogens with one attached hydrogen (secondary N) is 1. The van der Waals surface area contributed by atoms with E-state index in [1.165, 1.54) is 0 Å². The number of imide groups is 1. The highest BCUT2D eigenvalue weighted by molar-refractivity contribution is 5.96. The van der Waals surface area contributed by atoms with Gasteiger partial charge in [-0.25, -0.2) is 4.79 Å². The number of carbonyl (C=O) groups is 2. The van der Waals surface area contributed by atoms with Crippen LogP contribution in [0.2, 0.25) is 0 Å². The second-order valence-corrected chi connectivity index (χ2v) is 3.92. The van der Waals surface area contributed by atoms with E-state index >= 15 is 0 Å². The van der Waals surface area contributed by atoms with Gasteiger partial charge in [0.15, 0.2) is 0 Å². The Hall–Kier alpha value is -1.32. The van der Waals surface area contributed by atoms with Crippen molar-refractivity contribution in [1.29, 1.82) is 0 Å². The highest BCUT2D eigenvalue weighted by Gasteiger charge is 2.28. The average Bonchev–Trinajstić information content (AvgIpc) is 2.17. The fourth-order valence-electron chi connectivity index (χ4n) is 1.71. The van der Waals surface area contributed by atoms with E-state index in [1.54, 1.807) is 4.90 Å². The summed E-state index contributed by atoms with van der Waals surface area (Å²) in [5.74, 6) is 0.121. The smallest absolute Gasteiger partial charge is 0.321 e. The minimum Gasteiger partial charge on any atom is -0.321 e. The number of hydrogen-bond acceptors (Lipinski definition) is 2. The zero-order chi connectivity index (χ0) is 11.4. The molecule has 1 unspecified atom stereocenters. The SMILES string of the molecule is C/C=C\C(C)[C@@H](C)N1CCC(=O)NC1=O. The summed E-state index contributed by atoms with van der Waals surface area (Å²) in [6, 6.07) is -0.149. The van der Waals surface area contributed by atoms with Gasteiger partial charge in [0.1, 0.15) is 0 Å².